The maximum Gasteiger partial charge on any atom is 0.292 e. The second-order valence-electron chi connectivity index (χ2n) is 7.41. The molecule has 7 nitrogen and oxygen atoms in total. The summed E-state index contributed by atoms with van der Waals surface area (Å²) >= 11 is 0. The molecule has 1 fully saturated rings. The number of hydrogen-bond donors (Lipinski definition) is 0. The van der Waals surface area contributed by atoms with Gasteiger partial charge in [0.1, 0.15) is 5.82 Å². The van der Waals surface area contributed by atoms with Gasteiger partial charge in [0.05, 0.1) is 22.6 Å². The van der Waals surface area contributed by atoms with Crippen LogP contribution in [0.25, 0.3) is 10.9 Å². The number of benzene rings is 1. The van der Waals surface area contributed by atoms with Gasteiger partial charge in [-0.15, -0.1) is 0 Å². The van der Waals surface area contributed by atoms with E-state index in [1.54, 1.807) is 18.4 Å². The molecule has 0 spiro atoms. The van der Waals surface area contributed by atoms with Crippen LogP contribution in [-0.2, 0) is 13.0 Å². The molecule has 0 radical (unpaired) electrons. The van der Waals surface area contributed by atoms with Crippen LogP contribution in [0.4, 0.5) is 0 Å². The van der Waals surface area contributed by atoms with E-state index in [0.717, 1.165) is 18.7 Å². The Labute approximate surface area is 155 Å². The number of carbonyl (C=O) groups is 1. The zero-order valence-corrected chi connectivity index (χ0v) is 15.3. The van der Waals surface area contributed by atoms with Gasteiger partial charge in [0.2, 0.25) is 5.76 Å². The summed E-state index contributed by atoms with van der Waals surface area (Å²) < 4.78 is 7.33. The van der Waals surface area contributed by atoms with E-state index < -0.39 is 0 Å². The second kappa shape index (κ2) is 5.77. The highest BCUT2D eigenvalue weighted by atomic mass is 16.4. The maximum atomic E-state index is 13.2. The molecule has 5 rings (SSSR count). The molecule has 1 amide bonds. The van der Waals surface area contributed by atoms with Crippen molar-refractivity contribution in [3.05, 3.63) is 57.8 Å². The Morgan fingerprint density at radius 1 is 1.15 bits per heavy atom. The Morgan fingerprint density at radius 3 is 2.70 bits per heavy atom. The minimum absolute atomic E-state index is 0.0223. The van der Waals surface area contributed by atoms with Gasteiger partial charge in [0.25, 0.3) is 11.5 Å². The Morgan fingerprint density at radius 2 is 1.93 bits per heavy atom. The van der Waals surface area contributed by atoms with Crippen molar-refractivity contribution in [2.24, 2.45) is 0 Å². The lowest BCUT2D eigenvalue weighted by atomic mass is 10.1. The molecule has 7 heteroatoms. The van der Waals surface area contributed by atoms with Crippen molar-refractivity contribution in [3.63, 3.8) is 0 Å². The van der Waals surface area contributed by atoms with Crippen molar-refractivity contribution in [2.75, 3.05) is 0 Å². The molecule has 1 saturated heterocycles. The van der Waals surface area contributed by atoms with Crippen LogP contribution in [0.2, 0.25) is 0 Å². The number of nitrogens with zero attached hydrogens (tertiary/aromatic N) is 4. The third-order valence-electron chi connectivity index (χ3n) is 5.70. The Bertz CT molecular complexity index is 1130. The van der Waals surface area contributed by atoms with Crippen LogP contribution < -0.4 is 5.56 Å². The molecule has 0 N–H and O–H groups in total. The summed E-state index contributed by atoms with van der Waals surface area (Å²) in [7, 11) is 0. The summed E-state index contributed by atoms with van der Waals surface area (Å²) in [4.78, 5) is 37.1. The summed E-state index contributed by atoms with van der Waals surface area (Å²) in [6, 6.07) is 7.41. The number of amides is 1. The normalized spacial score (nSPS) is 21.3. The molecule has 4 heterocycles. The van der Waals surface area contributed by atoms with Crippen LogP contribution in [0.5, 0.6) is 0 Å². The lowest BCUT2D eigenvalue weighted by molar-refractivity contribution is 0.0630. The lowest BCUT2D eigenvalue weighted by Gasteiger charge is -2.26. The standard InChI is InChI=1S/C20H20N4O3/c1-11-18(27-12(2)21-11)20(26)24-13-7-8-14(24)10-23-17(9-13)22-16-6-4-3-5-15(16)19(23)25/h3-6,13-14H,7-10H2,1-2H3/t13-,14+/m0/s1. The van der Waals surface area contributed by atoms with Crippen LogP contribution in [-0.4, -0.2) is 37.4 Å². The molecular formula is C20H20N4O3. The summed E-state index contributed by atoms with van der Waals surface area (Å²) in [6.07, 6.45) is 2.36. The maximum absolute atomic E-state index is 13.2. The molecule has 2 aliphatic rings. The summed E-state index contributed by atoms with van der Waals surface area (Å²) in [6.45, 7) is 4.00. The molecule has 2 aromatic heterocycles. The predicted octanol–water partition coefficient (Wildman–Crippen LogP) is 2.23. The monoisotopic (exact) mass is 364 g/mol. The molecule has 27 heavy (non-hydrogen) atoms. The first-order valence-corrected chi connectivity index (χ1v) is 9.28. The van der Waals surface area contributed by atoms with Crippen LogP contribution >= 0.6 is 0 Å². The van der Waals surface area contributed by atoms with Gasteiger partial charge in [-0.25, -0.2) is 9.97 Å². The Hall–Kier alpha value is -2.96. The molecule has 2 atom stereocenters. The SMILES string of the molecule is Cc1nc(C)c(C(=O)N2[C@@H]3CC[C@H]2Cc2nc4ccccc4c(=O)n2C3)o1. The van der Waals surface area contributed by atoms with E-state index in [9.17, 15) is 9.59 Å². The van der Waals surface area contributed by atoms with Gasteiger partial charge in [-0.05, 0) is 31.9 Å². The van der Waals surface area contributed by atoms with Gasteiger partial charge >= 0.3 is 0 Å². The van der Waals surface area contributed by atoms with Crippen molar-refractivity contribution in [3.8, 4) is 0 Å². The summed E-state index contributed by atoms with van der Waals surface area (Å²) in [5.74, 6) is 1.42. The van der Waals surface area contributed by atoms with E-state index in [0.29, 0.717) is 41.2 Å². The van der Waals surface area contributed by atoms with Gasteiger partial charge in [-0.2, -0.15) is 0 Å². The van der Waals surface area contributed by atoms with Gasteiger partial charge in [0.15, 0.2) is 5.89 Å². The first-order chi connectivity index (χ1) is 13.0. The fourth-order valence-electron chi connectivity index (χ4n) is 4.50. The Kier molecular flexibility index (Phi) is 3.47. The zero-order chi connectivity index (χ0) is 18.7. The summed E-state index contributed by atoms with van der Waals surface area (Å²) in [5, 5.41) is 0.624. The van der Waals surface area contributed by atoms with Crippen molar-refractivity contribution in [1.29, 1.82) is 0 Å². The Balaban J connectivity index is 1.59. The highest BCUT2D eigenvalue weighted by molar-refractivity contribution is 5.93. The highest BCUT2D eigenvalue weighted by Crippen LogP contribution is 2.32. The molecule has 138 valence electrons. The second-order valence-corrected chi connectivity index (χ2v) is 7.41. The van der Waals surface area contributed by atoms with Gasteiger partial charge in [-0.1, -0.05) is 12.1 Å². The van der Waals surface area contributed by atoms with E-state index in [1.807, 2.05) is 29.2 Å². The highest BCUT2D eigenvalue weighted by Gasteiger charge is 2.42. The van der Waals surface area contributed by atoms with Gasteiger partial charge in [-0.3, -0.25) is 14.2 Å². The van der Waals surface area contributed by atoms with E-state index >= 15 is 0 Å². The lowest BCUT2D eigenvalue weighted by Crippen LogP contribution is -2.42. The van der Waals surface area contributed by atoms with Crippen LogP contribution in [0.3, 0.4) is 0 Å². The minimum atomic E-state index is -0.133. The molecule has 3 aromatic rings. The van der Waals surface area contributed by atoms with E-state index in [-0.39, 0.29) is 23.6 Å². The quantitative estimate of drug-likeness (QED) is 0.661. The number of aromatic nitrogens is 3. The van der Waals surface area contributed by atoms with Crippen molar-refractivity contribution < 1.29 is 9.21 Å². The van der Waals surface area contributed by atoms with Crippen LogP contribution in [0.1, 0.15) is 40.8 Å². The third-order valence-corrected chi connectivity index (χ3v) is 5.70. The number of para-hydroxylation sites is 1. The fourth-order valence-corrected chi connectivity index (χ4v) is 4.50. The number of carbonyl (C=O) groups excluding carboxylic acids is 1. The largest absolute Gasteiger partial charge is 0.436 e. The third kappa shape index (κ3) is 2.41. The van der Waals surface area contributed by atoms with E-state index in [1.165, 1.54) is 0 Å². The van der Waals surface area contributed by atoms with E-state index in [2.05, 4.69) is 4.98 Å². The molecule has 2 bridgehead atoms. The molecule has 0 aliphatic carbocycles. The fraction of sp³-hybridized carbons (Fsp3) is 0.400. The van der Waals surface area contributed by atoms with Crippen molar-refractivity contribution in [2.45, 2.75) is 51.7 Å². The van der Waals surface area contributed by atoms with Crippen molar-refractivity contribution >= 4 is 16.8 Å². The van der Waals surface area contributed by atoms with Crippen molar-refractivity contribution in [1.82, 2.24) is 19.4 Å². The topological polar surface area (TPSA) is 81.2 Å². The van der Waals surface area contributed by atoms with Gasteiger partial charge < -0.3 is 9.32 Å². The smallest absolute Gasteiger partial charge is 0.292 e. The van der Waals surface area contributed by atoms with Crippen LogP contribution in [0, 0.1) is 13.8 Å². The number of oxazole rings is 1. The predicted molar refractivity (Wildman–Crippen MR) is 98.7 cm³/mol. The van der Waals surface area contributed by atoms with Crippen LogP contribution in [0.15, 0.2) is 33.5 Å². The molecule has 0 unspecified atom stereocenters. The first-order valence-electron chi connectivity index (χ1n) is 9.28. The molecule has 2 aliphatic heterocycles. The number of aryl methyl sites for hydroxylation is 2. The number of rotatable bonds is 1. The number of hydrogen-bond acceptors (Lipinski definition) is 5. The average molecular weight is 364 g/mol. The van der Waals surface area contributed by atoms with Gasteiger partial charge in [0, 0.05) is 25.9 Å². The molecular weight excluding hydrogens is 344 g/mol. The minimum Gasteiger partial charge on any atom is -0.436 e. The molecule has 0 saturated carbocycles. The number of fused-ring (bicyclic) bond motifs is 4. The summed E-state index contributed by atoms with van der Waals surface area (Å²) in [5.41, 5.74) is 1.30. The zero-order valence-electron chi connectivity index (χ0n) is 15.3. The first kappa shape index (κ1) is 16.2. The molecule has 1 aromatic carbocycles. The van der Waals surface area contributed by atoms with E-state index in [4.69, 9.17) is 9.40 Å². The average Bonchev–Trinajstić information content (AvgIpc) is 3.13.